The summed E-state index contributed by atoms with van der Waals surface area (Å²) in [4.78, 5) is 0. The van der Waals surface area contributed by atoms with E-state index in [-0.39, 0.29) is 5.60 Å². The molecule has 1 aliphatic heterocycles. The van der Waals surface area contributed by atoms with Crippen LogP contribution >= 0.6 is 0 Å². The van der Waals surface area contributed by atoms with E-state index in [2.05, 4.69) is 6.92 Å². The molecular formula is C12H17NO2. The normalized spacial score (nSPS) is 23.9. The van der Waals surface area contributed by atoms with Gasteiger partial charge in [0.15, 0.2) is 17.1 Å². The summed E-state index contributed by atoms with van der Waals surface area (Å²) < 4.78 is 11.6. The summed E-state index contributed by atoms with van der Waals surface area (Å²) in [6.45, 7) is 3.17. The van der Waals surface area contributed by atoms with Crippen LogP contribution in [0.3, 0.4) is 0 Å². The van der Waals surface area contributed by atoms with Gasteiger partial charge in [0.25, 0.3) is 0 Å². The van der Waals surface area contributed by atoms with Crippen molar-refractivity contribution in [3.63, 3.8) is 0 Å². The van der Waals surface area contributed by atoms with Crippen molar-refractivity contribution in [3.05, 3.63) is 24.3 Å². The first-order valence-corrected chi connectivity index (χ1v) is 5.40. The molecule has 0 bridgehead atoms. The molecule has 2 rings (SSSR count). The van der Waals surface area contributed by atoms with Crippen molar-refractivity contribution >= 4 is 0 Å². The van der Waals surface area contributed by atoms with Crippen LogP contribution in [-0.2, 0) is 0 Å². The van der Waals surface area contributed by atoms with Crippen LogP contribution in [0.1, 0.15) is 19.8 Å². The molecule has 1 aromatic carbocycles. The predicted molar refractivity (Wildman–Crippen MR) is 59.3 cm³/mol. The van der Waals surface area contributed by atoms with E-state index >= 15 is 0 Å². The summed E-state index contributed by atoms with van der Waals surface area (Å²) in [5.41, 5.74) is 5.45. The van der Waals surface area contributed by atoms with Crippen molar-refractivity contribution in [1.82, 2.24) is 0 Å². The molecule has 1 heterocycles. The molecular weight excluding hydrogens is 190 g/mol. The summed E-state index contributed by atoms with van der Waals surface area (Å²) >= 11 is 0. The topological polar surface area (TPSA) is 44.5 Å². The molecule has 3 nitrogen and oxygen atoms in total. The van der Waals surface area contributed by atoms with Gasteiger partial charge in [-0.05, 0) is 18.6 Å². The van der Waals surface area contributed by atoms with E-state index in [0.29, 0.717) is 13.2 Å². The van der Waals surface area contributed by atoms with Crippen LogP contribution in [0.4, 0.5) is 0 Å². The fourth-order valence-electron chi connectivity index (χ4n) is 1.91. The maximum Gasteiger partial charge on any atom is 0.162 e. The van der Waals surface area contributed by atoms with Crippen LogP contribution in [0.2, 0.25) is 0 Å². The van der Waals surface area contributed by atoms with Gasteiger partial charge in [-0.2, -0.15) is 0 Å². The van der Waals surface area contributed by atoms with Crippen molar-refractivity contribution in [2.75, 3.05) is 13.2 Å². The van der Waals surface area contributed by atoms with E-state index < -0.39 is 0 Å². The van der Waals surface area contributed by atoms with Gasteiger partial charge in [0.2, 0.25) is 0 Å². The highest BCUT2D eigenvalue weighted by Crippen LogP contribution is 2.36. The van der Waals surface area contributed by atoms with Crippen LogP contribution in [0, 0.1) is 0 Å². The number of benzene rings is 1. The van der Waals surface area contributed by atoms with E-state index in [4.69, 9.17) is 15.2 Å². The fraction of sp³-hybridized carbons (Fsp3) is 0.500. The van der Waals surface area contributed by atoms with Gasteiger partial charge in [-0.3, -0.25) is 0 Å². The van der Waals surface area contributed by atoms with Crippen molar-refractivity contribution in [2.24, 2.45) is 5.73 Å². The highest BCUT2D eigenvalue weighted by molar-refractivity contribution is 5.41. The van der Waals surface area contributed by atoms with Gasteiger partial charge in [0, 0.05) is 6.54 Å². The van der Waals surface area contributed by atoms with E-state index in [9.17, 15) is 0 Å². The number of rotatable bonds is 3. The third-order valence-electron chi connectivity index (χ3n) is 2.74. The Kier molecular flexibility index (Phi) is 2.82. The molecule has 0 aromatic heterocycles. The molecule has 1 unspecified atom stereocenters. The monoisotopic (exact) mass is 207 g/mol. The standard InChI is InChI=1S/C12H17NO2/c1-2-7-12(8-13)9-14-10-5-3-4-6-11(10)15-12/h3-6H,2,7-9,13H2,1H3. The second kappa shape index (κ2) is 4.11. The lowest BCUT2D eigenvalue weighted by Crippen LogP contribution is -2.50. The van der Waals surface area contributed by atoms with E-state index in [1.807, 2.05) is 24.3 Å². The number of fused-ring (bicyclic) bond motifs is 1. The molecule has 0 amide bonds. The minimum absolute atomic E-state index is 0.330. The van der Waals surface area contributed by atoms with Gasteiger partial charge in [-0.15, -0.1) is 0 Å². The minimum atomic E-state index is -0.330. The summed E-state index contributed by atoms with van der Waals surface area (Å²) in [6, 6.07) is 7.73. The zero-order valence-corrected chi connectivity index (χ0v) is 9.03. The average molecular weight is 207 g/mol. The second-order valence-electron chi connectivity index (χ2n) is 3.97. The first-order valence-electron chi connectivity index (χ1n) is 5.40. The molecule has 0 saturated carbocycles. The van der Waals surface area contributed by atoms with E-state index in [0.717, 1.165) is 24.3 Å². The summed E-state index contributed by atoms with van der Waals surface area (Å²) in [5.74, 6) is 1.63. The van der Waals surface area contributed by atoms with Crippen molar-refractivity contribution in [3.8, 4) is 11.5 Å². The first kappa shape index (κ1) is 10.3. The smallest absolute Gasteiger partial charge is 0.162 e. The van der Waals surface area contributed by atoms with Crippen LogP contribution in [0.5, 0.6) is 11.5 Å². The molecule has 1 aromatic rings. The Balaban J connectivity index is 2.22. The van der Waals surface area contributed by atoms with Crippen molar-refractivity contribution in [1.29, 1.82) is 0 Å². The van der Waals surface area contributed by atoms with Crippen LogP contribution in [-0.4, -0.2) is 18.8 Å². The molecule has 0 radical (unpaired) electrons. The Bertz CT molecular complexity index is 340. The molecule has 15 heavy (non-hydrogen) atoms. The number of ether oxygens (including phenoxy) is 2. The molecule has 0 spiro atoms. The van der Waals surface area contributed by atoms with Gasteiger partial charge in [-0.25, -0.2) is 0 Å². The van der Waals surface area contributed by atoms with Gasteiger partial charge in [0.05, 0.1) is 0 Å². The van der Waals surface area contributed by atoms with E-state index in [1.54, 1.807) is 0 Å². The SMILES string of the molecule is CCCC1(CN)COc2ccccc2O1. The van der Waals surface area contributed by atoms with Gasteiger partial charge in [-0.1, -0.05) is 25.5 Å². The number of hydrogen-bond acceptors (Lipinski definition) is 3. The maximum absolute atomic E-state index is 5.96. The first-order chi connectivity index (χ1) is 7.29. The molecule has 82 valence electrons. The number of hydrogen-bond donors (Lipinski definition) is 1. The third-order valence-corrected chi connectivity index (χ3v) is 2.74. The highest BCUT2D eigenvalue weighted by Gasteiger charge is 2.35. The summed E-state index contributed by atoms with van der Waals surface area (Å²) in [7, 11) is 0. The Morgan fingerprint density at radius 3 is 2.73 bits per heavy atom. The average Bonchev–Trinajstić information content (AvgIpc) is 2.29. The zero-order valence-electron chi connectivity index (χ0n) is 9.03. The van der Waals surface area contributed by atoms with Crippen LogP contribution in [0.15, 0.2) is 24.3 Å². The maximum atomic E-state index is 5.96. The number of para-hydroxylation sites is 2. The lowest BCUT2D eigenvalue weighted by molar-refractivity contribution is -0.00848. The summed E-state index contributed by atoms with van der Waals surface area (Å²) in [5, 5.41) is 0. The minimum Gasteiger partial charge on any atom is -0.485 e. The third kappa shape index (κ3) is 1.92. The van der Waals surface area contributed by atoms with Crippen molar-refractivity contribution < 1.29 is 9.47 Å². The Hall–Kier alpha value is -1.22. The molecule has 0 aliphatic carbocycles. The van der Waals surface area contributed by atoms with Gasteiger partial charge in [0.1, 0.15) is 6.61 Å². The lowest BCUT2D eigenvalue weighted by atomic mass is 9.98. The zero-order chi connectivity index (χ0) is 10.7. The van der Waals surface area contributed by atoms with Crippen LogP contribution < -0.4 is 15.2 Å². The van der Waals surface area contributed by atoms with Gasteiger partial charge >= 0.3 is 0 Å². The van der Waals surface area contributed by atoms with Gasteiger partial charge < -0.3 is 15.2 Å². The molecule has 2 N–H and O–H groups in total. The van der Waals surface area contributed by atoms with E-state index in [1.165, 1.54) is 0 Å². The second-order valence-corrected chi connectivity index (χ2v) is 3.97. The lowest BCUT2D eigenvalue weighted by Gasteiger charge is -2.37. The quantitative estimate of drug-likeness (QED) is 0.824. The molecule has 0 saturated heterocycles. The van der Waals surface area contributed by atoms with Crippen molar-refractivity contribution in [2.45, 2.75) is 25.4 Å². The fourth-order valence-corrected chi connectivity index (χ4v) is 1.91. The molecule has 1 atom stereocenters. The number of nitrogens with two attached hydrogens (primary N) is 1. The largest absolute Gasteiger partial charge is 0.485 e. The Labute approximate surface area is 90.2 Å². The molecule has 3 heteroatoms. The predicted octanol–water partition coefficient (Wildman–Crippen LogP) is 1.96. The summed E-state index contributed by atoms with van der Waals surface area (Å²) in [6.07, 6.45) is 1.97. The van der Waals surface area contributed by atoms with Crippen LogP contribution in [0.25, 0.3) is 0 Å². The Morgan fingerprint density at radius 2 is 2.07 bits per heavy atom. The molecule has 0 fully saturated rings. The highest BCUT2D eigenvalue weighted by atomic mass is 16.6. The molecule has 1 aliphatic rings. The Morgan fingerprint density at radius 1 is 1.33 bits per heavy atom.